The number of benzene rings is 2. The molecule has 2 rings (SSSR count). The van der Waals surface area contributed by atoms with Crippen molar-refractivity contribution in [1.29, 1.82) is 0 Å². The average molecular weight is 386 g/mol. The lowest BCUT2D eigenvalue weighted by molar-refractivity contribution is -0.305. The molecule has 7 heteroatoms. The summed E-state index contributed by atoms with van der Waals surface area (Å²) in [6, 6.07) is 15.2. The van der Waals surface area contributed by atoms with Gasteiger partial charge in [-0.3, -0.25) is 9.59 Å². The first-order chi connectivity index (χ1) is 13.0. The highest BCUT2D eigenvalue weighted by molar-refractivity contribution is 6.30. The zero-order valence-corrected chi connectivity index (χ0v) is 15.2. The lowest BCUT2D eigenvalue weighted by Crippen LogP contribution is -2.35. The maximum Gasteiger partial charge on any atom is 0.267 e. The number of carboxylic acid groups (broad SMARTS) is 1. The zero-order valence-electron chi connectivity index (χ0n) is 14.4. The smallest absolute Gasteiger partial charge is 0.267 e. The number of carboxylic acids is 1. The topological polar surface area (TPSA) is 98.3 Å². The monoisotopic (exact) mass is 385 g/mol. The van der Waals surface area contributed by atoms with Crippen LogP contribution in [0.15, 0.2) is 60.3 Å². The minimum absolute atomic E-state index is 0.0413. The van der Waals surface area contributed by atoms with Crippen LogP contribution in [0.3, 0.4) is 0 Å². The first-order valence-electron chi connectivity index (χ1n) is 8.27. The van der Waals surface area contributed by atoms with E-state index in [9.17, 15) is 19.5 Å². The molecule has 0 atom stereocenters. The Bertz CT molecular complexity index is 833. The largest absolute Gasteiger partial charge is 0.550 e. The van der Waals surface area contributed by atoms with E-state index in [2.05, 4.69) is 10.6 Å². The summed E-state index contributed by atoms with van der Waals surface area (Å²) < 4.78 is 0. The van der Waals surface area contributed by atoms with E-state index in [0.29, 0.717) is 16.1 Å². The molecule has 6 nitrogen and oxygen atoms in total. The van der Waals surface area contributed by atoms with Crippen molar-refractivity contribution < 1.29 is 19.5 Å². The minimum Gasteiger partial charge on any atom is -0.550 e. The van der Waals surface area contributed by atoms with Crippen LogP contribution in [0.2, 0.25) is 5.02 Å². The second kappa shape index (κ2) is 10.1. The summed E-state index contributed by atoms with van der Waals surface area (Å²) in [5.41, 5.74) is 1.12. The SMILES string of the molecule is O=C([O-])CCCNC(=O)/C(=C/c1ccc(Cl)cc1)NC(=O)c1ccccc1. The van der Waals surface area contributed by atoms with Gasteiger partial charge in [-0.05, 0) is 48.7 Å². The highest BCUT2D eigenvalue weighted by Gasteiger charge is 2.14. The van der Waals surface area contributed by atoms with Crippen LogP contribution >= 0.6 is 11.6 Å². The van der Waals surface area contributed by atoms with Crippen molar-refractivity contribution in [2.75, 3.05) is 6.54 Å². The van der Waals surface area contributed by atoms with Crippen molar-refractivity contribution in [3.63, 3.8) is 0 Å². The quantitative estimate of drug-likeness (QED) is 0.534. The van der Waals surface area contributed by atoms with Crippen LogP contribution in [0.25, 0.3) is 6.08 Å². The van der Waals surface area contributed by atoms with Gasteiger partial charge in [0.05, 0.1) is 0 Å². The van der Waals surface area contributed by atoms with Gasteiger partial charge in [0.2, 0.25) is 0 Å². The Hall–Kier alpha value is -3.12. The van der Waals surface area contributed by atoms with Crippen LogP contribution in [0.1, 0.15) is 28.8 Å². The summed E-state index contributed by atoms with van der Waals surface area (Å²) in [6.45, 7) is 0.145. The standard InChI is InChI=1S/C20H19ClN2O4/c21-16-10-8-14(9-11-16)13-17(20(27)22-12-4-7-18(24)25)23-19(26)15-5-2-1-3-6-15/h1-3,5-6,8-11,13H,4,7,12H2,(H,22,27)(H,23,26)(H,24,25)/p-1/b17-13-. The van der Waals surface area contributed by atoms with Gasteiger partial charge in [0, 0.05) is 23.1 Å². The highest BCUT2D eigenvalue weighted by Crippen LogP contribution is 2.12. The Balaban J connectivity index is 2.14. The number of nitrogens with one attached hydrogen (secondary N) is 2. The lowest BCUT2D eigenvalue weighted by Gasteiger charge is -2.11. The van der Waals surface area contributed by atoms with Crippen LogP contribution in [0.4, 0.5) is 0 Å². The molecule has 2 amide bonds. The Kier molecular flexibility index (Phi) is 7.58. The summed E-state index contributed by atoms with van der Waals surface area (Å²) in [5, 5.41) is 16.2. The summed E-state index contributed by atoms with van der Waals surface area (Å²) in [6.07, 6.45) is 1.59. The third kappa shape index (κ3) is 6.95. The third-order valence-electron chi connectivity index (χ3n) is 3.55. The number of hydrogen-bond donors (Lipinski definition) is 2. The van der Waals surface area contributed by atoms with Gasteiger partial charge in [0.25, 0.3) is 11.8 Å². The van der Waals surface area contributed by atoms with Gasteiger partial charge < -0.3 is 20.5 Å². The fourth-order valence-corrected chi connectivity index (χ4v) is 2.32. The molecule has 0 bridgehead atoms. The van der Waals surface area contributed by atoms with E-state index >= 15 is 0 Å². The van der Waals surface area contributed by atoms with Crippen molar-refractivity contribution >= 4 is 35.5 Å². The van der Waals surface area contributed by atoms with Crippen molar-refractivity contribution in [2.45, 2.75) is 12.8 Å². The van der Waals surface area contributed by atoms with Crippen LogP contribution in [0.5, 0.6) is 0 Å². The summed E-state index contributed by atoms with van der Waals surface area (Å²) >= 11 is 5.86. The highest BCUT2D eigenvalue weighted by atomic mass is 35.5. The molecule has 2 aromatic carbocycles. The number of rotatable bonds is 8. The lowest BCUT2D eigenvalue weighted by atomic mass is 10.1. The number of halogens is 1. The van der Waals surface area contributed by atoms with E-state index in [4.69, 9.17) is 11.6 Å². The minimum atomic E-state index is -1.18. The molecule has 0 heterocycles. The number of carbonyl (C=O) groups excluding carboxylic acids is 3. The van der Waals surface area contributed by atoms with Crippen molar-refractivity contribution in [3.8, 4) is 0 Å². The van der Waals surface area contributed by atoms with Gasteiger partial charge in [0.1, 0.15) is 5.70 Å². The molecule has 140 valence electrons. The van der Waals surface area contributed by atoms with E-state index in [1.807, 2.05) is 0 Å². The maximum absolute atomic E-state index is 12.4. The molecule has 0 aliphatic carbocycles. The maximum atomic E-state index is 12.4. The van der Waals surface area contributed by atoms with Gasteiger partial charge in [-0.15, -0.1) is 0 Å². The second-order valence-corrected chi connectivity index (χ2v) is 6.10. The van der Waals surface area contributed by atoms with Crippen LogP contribution in [-0.4, -0.2) is 24.3 Å². The molecular formula is C20H18ClN2O4-. The first-order valence-corrected chi connectivity index (χ1v) is 8.65. The molecule has 2 N–H and O–H groups in total. The van der Waals surface area contributed by atoms with Gasteiger partial charge in [-0.25, -0.2) is 0 Å². The van der Waals surface area contributed by atoms with E-state index in [-0.39, 0.29) is 25.1 Å². The van der Waals surface area contributed by atoms with Crippen molar-refractivity contribution in [3.05, 3.63) is 76.4 Å². The number of hydrogen-bond acceptors (Lipinski definition) is 4. The van der Waals surface area contributed by atoms with Gasteiger partial charge in [0.15, 0.2) is 0 Å². The van der Waals surface area contributed by atoms with E-state index in [1.165, 1.54) is 6.08 Å². The molecule has 0 aliphatic heterocycles. The van der Waals surface area contributed by atoms with Crippen LogP contribution in [0, 0.1) is 0 Å². The third-order valence-corrected chi connectivity index (χ3v) is 3.81. The second-order valence-electron chi connectivity index (χ2n) is 5.66. The normalized spacial score (nSPS) is 10.9. The Morgan fingerprint density at radius 3 is 2.30 bits per heavy atom. The summed E-state index contributed by atoms with van der Waals surface area (Å²) in [5.74, 6) is -2.13. The fourth-order valence-electron chi connectivity index (χ4n) is 2.20. The van der Waals surface area contributed by atoms with Crippen molar-refractivity contribution in [2.24, 2.45) is 0 Å². The molecule has 0 saturated heterocycles. The van der Waals surface area contributed by atoms with Crippen molar-refractivity contribution in [1.82, 2.24) is 10.6 Å². The molecule has 0 aromatic heterocycles. The van der Waals surface area contributed by atoms with Gasteiger partial charge >= 0.3 is 0 Å². The Labute approximate surface area is 161 Å². The molecule has 0 unspecified atom stereocenters. The first kappa shape index (κ1) is 20.2. The zero-order chi connectivity index (χ0) is 19.6. The van der Waals surface area contributed by atoms with E-state index < -0.39 is 17.8 Å². The van der Waals surface area contributed by atoms with E-state index in [1.54, 1.807) is 54.6 Å². The molecule has 0 aliphatic rings. The van der Waals surface area contributed by atoms with Crippen LogP contribution in [-0.2, 0) is 9.59 Å². The molecule has 0 spiro atoms. The molecule has 27 heavy (non-hydrogen) atoms. The molecule has 2 aromatic rings. The number of amides is 2. The summed E-state index contributed by atoms with van der Waals surface area (Å²) in [4.78, 5) is 35.3. The molecule has 0 radical (unpaired) electrons. The number of carbonyl (C=O) groups is 3. The molecule has 0 fully saturated rings. The summed E-state index contributed by atoms with van der Waals surface area (Å²) in [7, 11) is 0. The average Bonchev–Trinajstić information content (AvgIpc) is 2.66. The fraction of sp³-hybridized carbons (Fsp3) is 0.150. The van der Waals surface area contributed by atoms with E-state index in [0.717, 1.165) is 0 Å². The predicted octanol–water partition coefficient (Wildman–Crippen LogP) is 1.76. The molecule has 0 saturated carbocycles. The number of aliphatic carboxylic acids is 1. The van der Waals surface area contributed by atoms with Gasteiger partial charge in [-0.2, -0.15) is 0 Å². The molecular weight excluding hydrogens is 368 g/mol. The Morgan fingerprint density at radius 2 is 1.67 bits per heavy atom. The predicted molar refractivity (Wildman–Crippen MR) is 101 cm³/mol. The Morgan fingerprint density at radius 1 is 1.00 bits per heavy atom. The van der Waals surface area contributed by atoms with Gasteiger partial charge in [-0.1, -0.05) is 41.9 Å². The van der Waals surface area contributed by atoms with Crippen LogP contribution < -0.4 is 15.7 Å².